The van der Waals surface area contributed by atoms with Crippen molar-refractivity contribution in [3.8, 4) is 0 Å². The maximum atomic E-state index is 14.0. The smallest absolute Gasteiger partial charge is 0.186 e. The Bertz CT molecular complexity index is 1460. The Kier molecular flexibility index (Phi) is 8.87. The van der Waals surface area contributed by atoms with Crippen LogP contribution >= 0.6 is 0 Å². The van der Waals surface area contributed by atoms with E-state index in [0.29, 0.717) is 0 Å². The van der Waals surface area contributed by atoms with Crippen LogP contribution in [0.1, 0.15) is 125 Å². The summed E-state index contributed by atoms with van der Waals surface area (Å²) in [5.74, 6) is 0.304. The van der Waals surface area contributed by atoms with Gasteiger partial charge in [-0.05, 0) is 102 Å². The van der Waals surface area contributed by atoms with Crippen LogP contribution in [0.3, 0.4) is 0 Å². The first kappa shape index (κ1) is 37.5. The van der Waals surface area contributed by atoms with E-state index in [0.717, 1.165) is 66.9 Å². The Morgan fingerprint density at radius 1 is 0.271 bits per heavy atom. The molecule has 4 rings (SSSR count). The van der Waals surface area contributed by atoms with Gasteiger partial charge in [-0.25, -0.2) is 0 Å². The molecule has 3 heteroatoms. The fourth-order valence-corrected chi connectivity index (χ4v) is 6.72. The van der Waals surface area contributed by atoms with Crippen LogP contribution in [0.25, 0.3) is 0 Å². The predicted octanol–water partition coefficient (Wildman–Crippen LogP) is 11.5. The van der Waals surface area contributed by atoms with Crippen molar-refractivity contribution in [1.82, 2.24) is 0 Å². The fraction of sp³-hybridized carbons (Fsp3) is 0.533. The summed E-state index contributed by atoms with van der Waals surface area (Å²) in [6.07, 6.45) is 12.6. The van der Waals surface area contributed by atoms with Crippen LogP contribution in [-0.4, -0.2) is 17.3 Å². The quantitative estimate of drug-likeness (QED) is 0.263. The molecule has 0 atom stereocenters. The summed E-state index contributed by atoms with van der Waals surface area (Å²) in [4.78, 5) is 41.9. The van der Waals surface area contributed by atoms with Gasteiger partial charge in [0.05, 0.1) is 0 Å². The molecule has 4 aliphatic rings. The van der Waals surface area contributed by atoms with Crippen molar-refractivity contribution in [1.29, 1.82) is 0 Å². The molecule has 0 heterocycles. The van der Waals surface area contributed by atoms with Gasteiger partial charge in [0.25, 0.3) is 0 Å². The third kappa shape index (κ3) is 7.03. The van der Waals surface area contributed by atoms with Crippen LogP contribution < -0.4 is 0 Å². The Balaban J connectivity index is 2.28. The summed E-state index contributed by atoms with van der Waals surface area (Å²) in [7, 11) is 0. The van der Waals surface area contributed by atoms with E-state index in [1.54, 1.807) is 0 Å². The second kappa shape index (κ2) is 11.4. The SMILES string of the molecule is CC(C)(C)C1=CC(=C2C(=C3C=C(C(C)(C)C)C(=O)C(C(C)(C)C)=C3)C2=C2C=C(C(C)(C)C)C(=O)C(C(C)(C)C)=C2)C=C(C(C)(C)C)C1=O. The van der Waals surface area contributed by atoms with Gasteiger partial charge in [0.15, 0.2) is 17.3 Å². The van der Waals surface area contributed by atoms with Crippen molar-refractivity contribution in [2.75, 3.05) is 0 Å². The van der Waals surface area contributed by atoms with Crippen LogP contribution in [-0.2, 0) is 14.4 Å². The van der Waals surface area contributed by atoms with E-state index in [2.05, 4.69) is 161 Å². The maximum Gasteiger partial charge on any atom is 0.186 e. The van der Waals surface area contributed by atoms with Crippen LogP contribution in [0.15, 0.2) is 103 Å². The summed E-state index contributed by atoms with van der Waals surface area (Å²) in [6, 6.07) is 0. The number of carbonyl (C=O) groups excluding carboxylic acids is 3. The molecule has 0 aliphatic heterocycles. The van der Waals surface area contributed by atoms with E-state index in [1.807, 2.05) is 0 Å². The van der Waals surface area contributed by atoms with Gasteiger partial charge in [-0.1, -0.05) is 125 Å². The predicted molar refractivity (Wildman–Crippen MR) is 201 cm³/mol. The molecule has 48 heavy (non-hydrogen) atoms. The zero-order valence-corrected chi connectivity index (χ0v) is 33.2. The third-order valence-electron chi connectivity index (χ3n) is 9.67. The first-order chi connectivity index (χ1) is 21.4. The number of allylic oxidation sites excluding steroid dienone is 18. The van der Waals surface area contributed by atoms with Crippen molar-refractivity contribution in [2.45, 2.75) is 125 Å². The largest absolute Gasteiger partial charge is 0.289 e. The molecule has 0 N–H and O–H groups in total. The molecule has 0 spiro atoms. The molecule has 1 saturated carbocycles. The Morgan fingerprint density at radius 2 is 0.396 bits per heavy atom. The number of carbonyl (C=O) groups is 3. The highest BCUT2D eigenvalue weighted by molar-refractivity contribution is 6.15. The molecule has 0 bridgehead atoms. The molecule has 0 radical (unpaired) electrons. The van der Waals surface area contributed by atoms with Crippen LogP contribution in [0.2, 0.25) is 0 Å². The first-order valence-corrected chi connectivity index (χ1v) is 17.6. The topological polar surface area (TPSA) is 51.2 Å². The molecule has 0 amide bonds. The molecule has 4 aliphatic carbocycles. The Labute approximate surface area is 291 Å². The lowest BCUT2D eigenvalue weighted by Gasteiger charge is -2.31. The summed E-state index contributed by atoms with van der Waals surface area (Å²) >= 11 is 0. The summed E-state index contributed by atoms with van der Waals surface area (Å²) in [5.41, 5.74) is 8.95. The van der Waals surface area contributed by atoms with E-state index in [1.165, 1.54) is 0 Å². The maximum absolute atomic E-state index is 14.0. The van der Waals surface area contributed by atoms with Gasteiger partial charge in [0.1, 0.15) is 0 Å². The van der Waals surface area contributed by atoms with Crippen LogP contribution in [0.4, 0.5) is 0 Å². The number of ketones is 3. The van der Waals surface area contributed by atoms with Crippen molar-refractivity contribution >= 4 is 17.3 Å². The summed E-state index contributed by atoms with van der Waals surface area (Å²) in [5, 5.41) is 0. The van der Waals surface area contributed by atoms with Crippen molar-refractivity contribution in [3.63, 3.8) is 0 Å². The van der Waals surface area contributed by atoms with E-state index >= 15 is 0 Å². The second-order valence-corrected chi connectivity index (χ2v) is 20.3. The van der Waals surface area contributed by atoms with Crippen LogP contribution in [0.5, 0.6) is 0 Å². The second-order valence-electron chi connectivity index (χ2n) is 20.3. The molecule has 0 aromatic rings. The molecule has 0 aromatic carbocycles. The molecular formula is C45H60O3. The van der Waals surface area contributed by atoms with Crippen LogP contribution in [0, 0.1) is 32.5 Å². The summed E-state index contributed by atoms with van der Waals surface area (Å²) < 4.78 is 0. The lowest BCUT2D eigenvalue weighted by Crippen LogP contribution is -2.28. The molecule has 1 fully saturated rings. The number of hydrogen-bond acceptors (Lipinski definition) is 3. The van der Waals surface area contributed by atoms with Crippen molar-refractivity contribution in [3.05, 3.63) is 103 Å². The normalized spacial score (nSPS) is 20.5. The highest BCUT2D eigenvalue weighted by atomic mass is 16.1. The van der Waals surface area contributed by atoms with E-state index in [9.17, 15) is 14.4 Å². The lowest BCUT2D eigenvalue weighted by atomic mass is 9.71. The molecule has 3 nitrogen and oxygen atoms in total. The monoisotopic (exact) mass is 648 g/mol. The zero-order chi connectivity index (χ0) is 36.9. The van der Waals surface area contributed by atoms with Gasteiger partial charge in [0, 0.05) is 33.4 Å². The van der Waals surface area contributed by atoms with Gasteiger partial charge < -0.3 is 0 Å². The minimum Gasteiger partial charge on any atom is -0.289 e. The van der Waals surface area contributed by atoms with E-state index in [-0.39, 0.29) is 49.8 Å². The minimum absolute atomic E-state index is 0.101. The van der Waals surface area contributed by atoms with Gasteiger partial charge in [-0.3, -0.25) is 14.4 Å². The van der Waals surface area contributed by atoms with Gasteiger partial charge in [0.2, 0.25) is 0 Å². The molecule has 0 unspecified atom stereocenters. The third-order valence-corrected chi connectivity index (χ3v) is 9.67. The van der Waals surface area contributed by atoms with Gasteiger partial charge >= 0.3 is 0 Å². The number of Topliss-reactive ketones (excluding diaryl/α,β-unsaturated/α-hetero) is 3. The van der Waals surface area contributed by atoms with Crippen molar-refractivity contribution in [2.24, 2.45) is 32.5 Å². The highest BCUT2D eigenvalue weighted by Crippen LogP contribution is 2.57. The Hall–Kier alpha value is -3.33. The Morgan fingerprint density at radius 3 is 0.500 bits per heavy atom. The molecular weight excluding hydrogens is 588 g/mol. The zero-order valence-electron chi connectivity index (χ0n) is 33.2. The van der Waals surface area contributed by atoms with E-state index < -0.39 is 0 Å². The van der Waals surface area contributed by atoms with Gasteiger partial charge in [-0.2, -0.15) is 0 Å². The van der Waals surface area contributed by atoms with E-state index in [4.69, 9.17) is 0 Å². The molecule has 0 aromatic heterocycles. The standard InChI is InChI=1S/C45H60O3/c1-40(2,3)28-19-25(20-29(37(28)46)41(4,5)6)34-35(26-21-30(42(7,8)9)38(47)31(22-26)43(10,11)12)36(34)27-23-32(44(13,14)15)39(48)33(24-27)45(16,17)18/h19-24H,1-18H3. The van der Waals surface area contributed by atoms with Crippen molar-refractivity contribution < 1.29 is 14.4 Å². The average molecular weight is 649 g/mol. The number of hydrogen-bond donors (Lipinski definition) is 0. The highest BCUT2D eigenvalue weighted by Gasteiger charge is 2.44. The number of rotatable bonds is 0. The average Bonchev–Trinajstić information content (AvgIpc) is 3.60. The summed E-state index contributed by atoms with van der Waals surface area (Å²) in [6.45, 7) is 37.8. The first-order valence-electron chi connectivity index (χ1n) is 17.6. The molecule has 0 saturated heterocycles. The fourth-order valence-electron chi connectivity index (χ4n) is 6.72. The minimum atomic E-state index is -0.352. The van der Waals surface area contributed by atoms with Gasteiger partial charge in [-0.15, -0.1) is 0 Å². The lowest BCUT2D eigenvalue weighted by molar-refractivity contribution is -0.114. The molecule has 258 valence electrons.